The summed E-state index contributed by atoms with van der Waals surface area (Å²) in [6.45, 7) is 9.03. The Kier molecular flexibility index (Phi) is 16.7. The van der Waals surface area contributed by atoms with Gasteiger partial charge >= 0.3 is 11.9 Å². The summed E-state index contributed by atoms with van der Waals surface area (Å²) >= 11 is 0. The summed E-state index contributed by atoms with van der Waals surface area (Å²) < 4.78 is 4.36. The van der Waals surface area contributed by atoms with Crippen molar-refractivity contribution in [3.8, 4) is 0 Å². The number of carbonyl (C=O) groups excluding carboxylic acids is 3. The quantitative estimate of drug-likeness (QED) is 0.504. The molecule has 0 saturated heterocycles. The second-order valence-electron chi connectivity index (χ2n) is 3.98. The van der Waals surface area contributed by atoms with E-state index in [-0.39, 0.29) is 11.8 Å². The van der Waals surface area contributed by atoms with E-state index in [1.807, 2.05) is 0 Å². The predicted molar refractivity (Wildman–Crippen MR) is 80.6 cm³/mol. The number of rotatable bonds is 4. The summed E-state index contributed by atoms with van der Waals surface area (Å²) in [7, 11) is 1.28. The molecule has 128 valence electrons. The lowest BCUT2D eigenvalue weighted by atomic mass is 10.3. The van der Waals surface area contributed by atoms with Crippen molar-refractivity contribution in [2.24, 2.45) is 5.73 Å². The third kappa shape index (κ3) is 22.7. The zero-order valence-corrected chi connectivity index (χ0v) is 13.5. The van der Waals surface area contributed by atoms with E-state index in [1.54, 1.807) is 6.92 Å². The molecule has 0 bridgehead atoms. The third-order valence-corrected chi connectivity index (χ3v) is 1.67. The molecule has 9 heteroatoms. The summed E-state index contributed by atoms with van der Waals surface area (Å²) in [6.07, 6.45) is 1.35. The number of methoxy groups -OCH3 is 1. The normalized spacial score (nSPS) is 11.0. The van der Waals surface area contributed by atoms with E-state index < -0.39 is 24.0 Å². The number of ether oxygens (including phenoxy) is 1. The maximum atomic E-state index is 10.6. The summed E-state index contributed by atoms with van der Waals surface area (Å²) in [5.74, 6) is -1.71. The molecule has 1 unspecified atom stereocenters. The van der Waals surface area contributed by atoms with E-state index in [0.29, 0.717) is 0 Å². The van der Waals surface area contributed by atoms with Crippen molar-refractivity contribution in [2.75, 3.05) is 7.11 Å². The van der Waals surface area contributed by atoms with Crippen LogP contribution in [-0.2, 0) is 23.9 Å². The number of carboxylic acids is 1. The van der Waals surface area contributed by atoms with Gasteiger partial charge in [-0.15, -0.1) is 0 Å². The van der Waals surface area contributed by atoms with Crippen LogP contribution in [0.1, 0.15) is 27.7 Å². The van der Waals surface area contributed by atoms with Gasteiger partial charge in [-0.2, -0.15) is 0 Å². The van der Waals surface area contributed by atoms with Gasteiger partial charge in [-0.25, -0.2) is 4.79 Å². The second kappa shape index (κ2) is 15.0. The van der Waals surface area contributed by atoms with Crippen LogP contribution in [0, 0.1) is 0 Å². The van der Waals surface area contributed by atoms with E-state index >= 15 is 0 Å². The van der Waals surface area contributed by atoms with Gasteiger partial charge in [0.2, 0.25) is 11.8 Å². The molecule has 9 nitrogen and oxygen atoms in total. The number of esters is 1. The molecule has 22 heavy (non-hydrogen) atoms. The smallest absolute Gasteiger partial charge is 0.328 e. The second-order valence-corrected chi connectivity index (χ2v) is 3.98. The highest BCUT2D eigenvalue weighted by Crippen LogP contribution is 1.84. The van der Waals surface area contributed by atoms with E-state index in [1.165, 1.54) is 34.1 Å². The maximum absolute atomic E-state index is 10.6. The lowest BCUT2D eigenvalue weighted by Gasteiger charge is -2.08. The number of nitrogens with two attached hydrogens (primary N) is 1. The first-order chi connectivity index (χ1) is 9.99. The van der Waals surface area contributed by atoms with Crippen LogP contribution in [0.3, 0.4) is 0 Å². The van der Waals surface area contributed by atoms with Crippen LogP contribution in [0.4, 0.5) is 0 Å². The average Bonchev–Trinajstić information content (AvgIpc) is 2.38. The summed E-state index contributed by atoms with van der Waals surface area (Å²) in [5.41, 5.74) is 4.84. The van der Waals surface area contributed by atoms with Crippen LogP contribution >= 0.6 is 0 Å². The summed E-state index contributed by atoms with van der Waals surface area (Å²) in [4.78, 5) is 40.4. The van der Waals surface area contributed by atoms with Gasteiger partial charge in [0.15, 0.2) is 0 Å². The molecule has 0 aromatic heterocycles. The Morgan fingerprint density at radius 1 is 1.18 bits per heavy atom. The third-order valence-electron chi connectivity index (χ3n) is 1.67. The van der Waals surface area contributed by atoms with Crippen LogP contribution in [-0.4, -0.2) is 48.1 Å². The number of hydrogen-bond donors (Lipinski definition) is 4. The van der Waals surface area contributed by atoms with Gasteiger partial charge in [0.25, 0.3) is 0 Å². The lowest BCUT2D eigenvalue weighted by Crippen LogP contribution is -2.37. The van der Waals surface area contributed by atoms with Gasteiger partial charge in [0.05, 0.1) is 7.11 Å². The number of hydrogen-bond acceptors (Lipinski definition) is 6. The molecule has 0 aromatic carbocycles. The average molecular weight is 319 g/mol. The summed E-state index contributed by atoms with van der Waals surface area (Å²) in [5, 5.41) is 12.6. The molecule has 0 heterocycles. The molecule has 0 radical (unpaired) electrons. The van der Waals surface area contributed by atoms with Crippen molar-refractivity contribution in [1.29, 1.82) is 0 Å². The Labute approximate surface area is 129 Å². The molecule has 0 aliphatic heterocycles. The van der Waals surface area contributed by atoms with E-state index in [9.17, 15) is 19.2 Å². The highest BCUT2D eigenvalue weighted by atomic mass is 16.5. The first kappa shape index (κ1) is 24.6. The molecule has 0 spiro atoms. The van der Waals surface area contributed by atoms with Crippen molar-refractivity contribution in [3.05, 3.63) is 12.8 Å². The number of aliphatic carboxylic acids is 1. The minimum Gasteiger partial charge on any atom is -0.480 e. The Balaban J connectivity index is -0.000000261. The predicted octanol–water partition coefficient (Wildman–Crippen LogP) is -0.632. The molecular formula is C13H25N3O6. The Morgan fingerprint density at radius 3 is 1.73 bits per heavy atom. The van der Waals surface area contributed by atoms with Crippen molar-refractivity contribution in [1.82, 2.24) is 10.6 Å². The van der Waals surface area contributed by atoms with E-state index in [4.69, 9.17) is 10.8 Å². The van der Waals surface area contributed by atoms with E-state index in [2.05, 4.69) is 21.9 Å². The largest absolute Gasteiger partial charge is 0.480 e. The zero-order valence-electron chi connectivity index (χ0n) is 13.5. The molecule has 0 aromatic rings. The topological polar surface area (TPSA) is 148 Å². The first-order valence-electron chi connectivity index (χ1n) is 6.20. The molecule has 0 rings (SSSR count). The molecule has 0 aliphatic carbocycles. The Morgan fingerprint density at radius 2 is 1.59 bits per heavy atom. The lowest BCUT2D eigenvalue weighted by molar-refractivity contribution is -0.144. The minimum absolute atomic E-state index is 0.0787. The van der Waals surface area contributed by atoms with Gasteiger partial charge in [0, 0.05) is 13.8 Å². The van der Waals surface area contributed by atoms with Crippen LogP contribution in [0.5, 0.6) is 0 Å². The fourth-order valence-corrected chi connectivity index (χ4v) is 0.684. The van der Waals surface area contributed by atoms with Gasteiger partial charge in [0.1, 0.15) is 12.1 Å². The Hall–Kier alpha value is -2.42. The monoisotopic (exact) mass is 319 g/mol. The molecule has 0 fully saturated rings. The molecule has 2 amide bonds. The van der Waals surface area contributed by atoms with Gasteiger partial charge in [-0.3, -0.25) is 14.4 Å². The first-order valence-corrected chi connectivity index (χ1v) is 6.20. The standard InChI is InChI=1S/C6H11NO3.C4H7NO.C3H7NO2/c1-4(6(9)10-3)7-5(2)8;1-3-5-4(2)6;1-2(4)3(5)6/h4H,1-3H3,(H,7,8);3H,1H2,2H3,(H,5,6);2H,4H2,1H3,(H,5,6)/t;;2-/m..0/s1. The maximum Gasteiger partial charge on any atom is 0.328 e. The van der Waals surface area contributed by atoms with Gasteiger partial charge in [-0.1, -0.05) is 6.58 Å². The van der Waals surface area contributed by atoms with Crippen molar-refractivity contribution >= 4 is 23.8 Å². The fourth-order valence-electron chi connectivity index (χ4n) is 0.684. The van der Waals surface area contributed by atoms with Crippen LogP contribution < -0.4 is 16.4 Å². The van der Waals surface area contributed by atoms with Crippen LogP contribution in [0.25, 0.3) is 0 Å². The number of carboxylic acid groups (broad SMARTS) is 1. The molecular weight excluding hydrogens is 294 g/mol. The number of nitrogens with one attached hydrogen (secondary N) is 2. The molecule has 0 aliphatic rings. The number of amides is 2. The van der Waals surface area contributed by atoms with Crippen LogP contribution in [0.15, 0.2) is 12.8 Å². The highest BCUT2D eigenvalue weighted by Gasteiger charge is 2.12. The van der Waals surface area contributed by atoms with Crippen molar-refractivity contribution < 1.29 is 29.0 Å². The van der Waals surface area contributed by atoms with Gasteiger partial charge < -0.3 is 26.2 Å². The van der Waals surface area contributed by atoms with Crippen molar-refractivity contribution in [2.45, 2.75) is 39.8 Å². The highest BCUT2D eigenvalue weighted by molar-refractivity contribution is 5.82. The van der Waals surface area contributed by atoms with Crippen molar-refractivity contribution in [3.63, 3.8) is 0 Å². The minimum atomic E-state index is -0.963. The summed E-state index contributed by atoms with van der Waals surface area (Å²) in [6, 6.07) is -1.28. The fraction of sp³-hybridized carbons (Fsp3) is 0.538. The molecule has 2 atom stereocenters. The molecule has 5 N–H and O–H groups in total. The van der Waals surface area contributed by atoms with Crippen LogP contribution in [0.2, 0.25) is 0 Å². The molecule has 0 saturated carbocycles. The Bertz CT molecular complexity index is 382. The zero-order chi connectivity index (χ0) is 18.3. The van der Waals surface area contributed by atoms with E-state index in [0.717, 1.165) is 0 Å². The van der Waals surface area contributed by atoms with Gasteiger partial charge in [-0.05, 0) is 20.0 Å². The SMILES string of the molecule is C=CNC(C)=O.COC(=O)C(C)NC(C)=O.C[C@H](N)C(=O)O. The number of carbonyl (C=O) groups is 4.